The predicted octanol–water partition coefficient (Wildman–Crippen LogP) is 1.31. The van der Waals surface area contributed by atoms with Crippen LogP contribution in [-0.4, -0.2) is 17.1 Å². The van der Waals surface area contributed by atoms with Crippen LogP contribution in [0.1, 0.15) is 37.3 Å². The zero-order valence-electron chi connectivity index (χ0n) is 10.9. The van der Waals surface area contributed by atoms with Crippen molar-refractivity contribution in [2.75, 3.05) is 0 Å². The maximum absolute atomic E-state index is 11.7. The molecule has 4 heteroatoms. The Morgan fingerprint density at radius 2 is 2.17 bits per heavy atom. The third kappa shape index (κ3) is 4.85. The van der Waals surface area contributed by atoms with E-state index < -0.39 is 6.04 Å². The molecule has 0 fully saturated rings. The van der Waals surface area contributed by atoms with E-state index in [2.05, 4.69) is 12.2 Å². The highest BCUT2D eigenvalue weighted by Crippen LogP contribution is 2.05. The molecule has 0 bridgehead atoms. The largest absolute Gasteiger partial charge is 0.392 e. The second-order valence-corrected chi connectivity index (χ2v) is 4.44. The van der Waals surface area contributed by atoms with Crippen molar-refractivity contribution < 1.29 is 9.90 Å². The molecule has 0 aliphatic heterocycles. The first-order chi connectivity index (χ1) is 8.67. The van der Waals surface area contributed by atoms with E-state index in [0.717, 1.165) is 30.4 Å². The van der Waals surface area contributed by atoms with Crippen LogP contribution in [0.5, 0.6) is 0 Å². The molecule has 0 aromatic heterocycles. The molecular formula is C14H22N2O2. The van der Waals surface area contributed by atoms with Crippen molar-refractivity contribution in [1.29, 1.82) is 0 Å². The lowest BCUT2D eigenvalue weighted by molar-refractivity contribution is -0.122. The summed E-state index contributed by atoms with van der Waals surface area (Å²) in [4.78, 5) is 11.7. The van der Waals surface area contributed by atoms with Gasteiger partial charge in [-0.05, 0) is 17.5 Å². The van der Waals surface area contributed by atoms with Gasteiger partial charge in [0, 0.05) is 6.54 Å². The third-order valence-electron chi connectivity index (χ3n) is 2.85. The fourth-order valence-electron chi connectivity index (χ4n) is 1.71. The number of nitrogens with one attached hydrogen (secondary N) is 1. The molecule has 0 aliphatic carbocycles. The van der Waals surface area contributed by atoms with E-state index in [1.165, 1.54) is 0 Å². The monoisotopic (exact) mass is 250 g/mol. The zero-order chi connectivity index (χ0) is 13.4. The number of rotatable bonds is 7. The van der Waals surface area contributed by atoms with Crippen molar-refractivity contribution in [2.24, 2.45) is 5.73 Å². The van der Waals surface area contributed by atoms with E-state index in [1.54, 1.807) is 0 Å². The highest BCUT2D eigenvalue weighted by atomic mass is 16.3. The van der Waals surface area contributed by atoms with Crippen molar-refractivity contribution in [3.05, 3.63) is 35.4 Å². The van der Waals surface area contributed by atoms with Crippen LogP contribution in [0.3, 0.4) is 0 Å². The van der Waals surface area contributed by atoms with Gasteiger partial charge in [0.15, 0.2) is 0 Å². The number of aliphatic hydroxyl groups excluding tert-OH is 1. The molecule has 0 heterocycles. The number of amides is 1. The minimum Gasteiger partial charge on any atom is -0.392 e. The van der Waals surface area contributed by atoms with Crippen molar-refractivity contribution in [2.45, 2.75) is 45.4 Å². The van der Waals surface area contributed by atoms with Gasteiger partial charge in [-0.15, -0.1) is 0 Å². The van der Waals surface area contributed by atoms with E-state index in [-0.39, 0.29) is 12.5 Å². The normalized spacial score (nSPS) is 12.2. The lowest BCUT2D eigenvalue weighted by Crippen LogP contribution is -2.40. The first kappa shape index (κ1) is 14.7. The van der Waals surface area contributed by atoms with Gasteiger partial charge in [-0.25, -0.2) is 0 Å². The van der Waals surface area contributed by atoms with Crippen molar-refractivity contribution in [3.63, 3.8) is 0 Å². The van der Waals surface area contributed by atoms with Crippen LogP contribution in [0.4, 0.5) is 0 Å². The van der Waals surface area contributed by atoms with E-state index in [4.69, 9.17) is 10.8 Å². The Morgan fingerprint density at radius 1 is 1.44 bits per heavy atom. The summed E-state index contributed by atoms with van der Waals surface area (Å²) in [7, 11) is 0. The van der Waals surface area contributed by atoms with Gasteiger partial charge in [-0.2, -0.15) is 0 Å². The summed E-state index contributed by atoms with van der Waals surface area (Å²) in [6, 6.07) is 7.07. The van der Waals surface area contributed by atoms with Crippen LogP contribution < -0.4 is 11.1 Å². The summed E-state index contributed by atoms with van der Waals surface area (Å²) >= 11 is 0. The van der Waals surface area contributed by atoms with Gasteiger partial charge in [-0.1, -0.05) is 44.0 Å². The second kappa shape index (κ2) is 7.84. The summed E-state index contributed by atoms with van der Waals surface area (Å²) in [5.41, 5.74) is 7.59. The highest BCUT2D eigenvalue weighted by Gasteiger charge is 2.11. The van der Waals surface area contributed by atoms with Crippen LogP contribution in [-0.2, 0) is 17.9 Å². The summed E-state index contributed by atoms with van der Waals surface area (Å²) in [5.74, 6) is -0.113. The van der Waals surface area contributed by atoms with Gasteiger partial charge >= 0.3 is 0 Å². The molecule has 0 spiro atoms. The average Bonchev–Trinajstić information content (AvgIpc) is 2.42. The molecular weight excluding hydrogens is 228 g/mol. The maximum Gasteiger partial charge on any atom is 0.237 e. The van der Waals surface area contributed by atoms with Gasteiger partial charge in [0.05, 0.1) is 12.6 Å². The Morgan fingerprint density at radius 3 is 2.83 bits per heavy atom. The van der Waals surface area contributed by atoms with Crippen LogP contribution in [0, 0.1) is 0 Å². The number of carbonyl (C=O) groups is 1. The van der Waals surface area contributed by atoms with Crippen LogP contribution in [0.2, 0.25) is 0 Å². The van der Waals surface area contributed by atoms with E-state index in [1.807, 2.05) is 24.3 Å². The maximum atomic E-state index is 11.7. The Bertz CT molecular complexity index is 380. The van der Waals surface area contributed by atoms with Crippen LogP contribution in [0.15, 0.2) is 24.3 Å². The van der Waals surface area contributed by atoms with E-state index in [0.29, 0.717) is 6.54 Å². The summed E-state index contributed by atoms with van der Waals surface area (Å²) < 4.78 is 0. The topological polar surface area (TPSA) is 75.4 Å². The van der Waals surface area contributed by atoms with Crippen LogP contribution >= 0.6 is 0 Å². The van der Waals surface area contributed by atoms with Crippen molar-refractivity contribution >= 4 is 5.91 Å². The SMILES string of the molecule is CCCCC(N)C(=O)NCc1cccc(CO)c1. The molecule has 18 heavy (non-hydrogen) atoms. The van der Waals surface area contributed by atoms with Gasteiger partial charge in [0.25, 0.3) is 0 Å². The Kier molecular flexibility index (Phi) is 6.39. The molecule has 1 aromatic rings. The molecule has 4 N–H and O–H groups in total. The van der Waals surface area contributed by atoms with Gasteiger partial charge in [-0.3, -0.25) is 4.79 Å². The summed E-state index contributed by atoms with van der Waals surface area (Å²) in [6.45, 7) is 2.54. The Hall–Kier alpha value is -1.39. The first-order valence-electron chi connectivity index (χ1n) is 6.39. The van der Waals surface area contributed by atoms with Gasteiger partial charge in [0.1, 0.15) is 0 Å². The van der Waals surface area contributed by atoms with Crippen molar-refractivity contribution in [3.8, 4) is 0 Å². The van der Waals surface area contributed by atoms with Gasteiger partial charge < -0.3 is 16.2 Å². The smallest absolute Gasteiger partial charge is 0.237 e. The van der Waals surface area contributed by atoms with E-state index >= 15 is 0 Å². The third-order valence-corrected chi connectivity index (χ3v) is 2.85. The standard InChI is InChI=1S/C14H22N2O2/c1-2-3-7-13(15)14(18)16-9-11-5-4-6-12(8-11)10-17/h4-6,8,13,17H,2-3,7,9-10,15H2,1H3,(H,16,18). The number of nitrogens with two attached hydrogens (primary N) is 1. The average molecular weight is 250 g/mol. The molecule has 0 saturated heterocycles. The zero-order valence-corrected chi connectivity index (χ0v) is 10.9. The lowest BCUT2D eigenvalue weighted by atomic mass is 10.1. The molecule has 0 aliphatic rings. The number of hydrogen-bond acceptors (Lipinski definition) is 3. The summed E-state index contributed by atoms with van der Waals surface area (Å²) in [6.07, 6.45) is 2.73. The highest BCUT2D eigenvalue weighted by molar-refractivity contribution is 5.81. The summed E-state index contributed by atoms with van der Waals surface area (Å²) in [5, 5.41) is 11.8. The Balaban J connectivity index is 2.41. The van der Waals surface area contributed by atoms with E-state index in [9.17, 15) is 4.79 Å². The molecule has 1 unspecified atom stereocenters. The molecule has 4 nitrogen and oxygen atoms in total. The second-order valence-electron chi connectivity index (χ2n) is 4.44. The minimum absolute atomic E-state index is 0.0117. The minimum atomic E-state index is -0.425. The molecule has 0 radical (unpaired) electrons. The fraction of sp³-hybridized carbons (Fsp3) is 0.500. The molecule has 1 rings (SSSR count). The molecule has 100 valence electrons. The van der Waals surface area contributed by atoms with Crippen LogP contribution in [0.25, 0.3) is 0 Å². The molecule has 1 amide bonds. The quantitative estimate of drug-likeness (QED) is 0.683. The fourth-order valence-corrected chi connectivity index (χ4v) is 1.71. The number of aliphatic hydroxyl groups is 1. The molecule has 0 saturated carbocycles. The molecule has 1 aromatic carbocycles. The number of hydrogen-bond donors (Lipinski definition) is 3. The Labute approximate surface area is 108 Å². The number of carbonyl (C=O) groups excluding carboxylic acids is 1. The van der Waals surface area contributed by atoms with Gasteiger partial charge in [0.2, 0.25) is 5.91 Å². The predicted molar refractivity (Wildman–Crippen MR) is 71.7 cm³/mol. The first-order valence-corrected chi connectivity index (χ1v) is 6.39. The number of benzene rings is 1. The number of unbranched alkanes of at least 4 members (excludes halogenated alkanes) is 1. The molecule has 1 atom stereocenters. The lowest BCUT2D eigenvalue weighted by Gasteiger charge is -2.12. The van der Waals surface area contributed by atoms with Crippen molar-refractivity contribution in [1.82, 2.24) is 5.32 Å².